The standard InChI is InChI=1S/C15H16ClN3O4S/c1-10-5-4-6-14(17-10)18-15(20)12-9-11(7-8-13(12)16)24(21,22)19(2)23-3/h4-9H,1-3H3,(H,17,18,20). The average Bonchev–Trinajstić information content (AvgIpc) is 2.54. The third kappa shape index (κ3) is 3.90. The number of nitrogens with one attached hydrogen (secondary N) is 1. The van der Waals surface area contributed by atoms with E-state index in [0.29, 0.717) is 10.3 Å². The molecular weight excluding hydrogens is 354 g/mol. The number of aromatic nitrogens is 1. The Morgan fingerprint density at radius 3 is 2.62 bits per heavy atom. The number of anilines is 1. The van der Waals surface area contributed by atoms with Crippen LogP contribution in [0.1, 0.15) is 16.1 Å². The number of halogens is 1. The Kier molecular flexibility index (Phi) is 5.55. The second kappa shape index (κ2) is 7.27. The monoisotopic (exact) mass is 369 g/mol. The molecule has 24 heavy (non-hydrogen) atoms. The van der Waals surface area contributed by atoms with E-state index in [0.717, 1.165) is 5.69 Å². The molecule has 0 saturated carbocycles. The summed E-state index contributed by atoms with van der Waals surface area (Å²) in [6.07, 6.45) is 0. The zero-order valence-electron chi connectivity index (χ0n) is 13.3. The van der Waals surface area contributed by atoms with Crippen LogP contribution in [-0.2, 0) is 14.9 Å². The van der Waals surface area contributed by atoms with Crippen molar-refractivity contribution in [2.24, 2.45) is 0 Å². The van der Waals surface area contributed by atoms with Crippen molar-refractivity contribution in [3.8, 4) is 0 Å². The number of aryl methyl sites for hydroxylation is 1. The van der Waals surface area contributed by atoms with Gasteiger partial charge < -0.3 is 5.32 Å². The molecule has 0 aliphatic carbocycles. The quantitative estimate of drug-likeness (QED) is 0.818. The fourth-order valence-corrected chi connectivity index (χ4v) is 3.09. The predicted molar refractivity (Wildman–Crippen MR) is 90.3 cm³/mol. The summed E-state index contributed by atoms with van der Waals surface area (Å²) in [5.74, 6) is -0.214. The Labute approximate surface area is 145 Å². The van der Waals surface area contributed by atoms with Crippen molar-refractivity contribution >= 4 is 33.3 Å². The molecule has 0 radical (unpaired) electrons. The lowest BCUT2D eigenvalue weighted by Gasteiger charge is -2.15. The van der Waals surface area contributed by atoms with Crippen LogP contribution < -0.4 is 5.32 Å². The Morgan fingerprint density at radius 1 is 1.29 bits per heavy atom. The van der Waals surface area contributed by atoms with E-state index in [1.165, 1.54) is 32.4 Å². The molecule has 0 unspecified atom stereocenters. The van der Waals surface area contributed by atoms with Gasteiger partial charge in [0.1, 0.15) is 5.82 Å². The van der Waals surface area contributed by atoms with Gasteiger partial charge in [0.2, 0.25) is 0 Å². The molecule has 0 spiro atoms. The van der Waals surface area contributed by atoms with E-state index in [2.05, 4.69) is 10.3 Å². The van der Waals surface area contributed by atoms with E-state index < -0.39 is 15.9 Å². The van der Waals surface area contributed by atoms with E-state index in [-0.39, 0.29) is 15.5 Å². The van der Waals surface area contributed by atoms with Crippen molar-refractivity contribution in [1.82, 2.24) is 9.45 Å². The smallest absolute Gasteiger partial charge is 0.264 e. The minimum atomic E-state index is -3.88. The van der Waals surface area contributed by atoms with Crippen LogP contribution in [0.3, 0.4) is 0 Å². The average molecular weight is 370 g/mol. The van der Waals surface area contributed by atoms with Gasteiger partial charge in [-0.1, -0.05) is 22.1 Å². The lowest BCUT2D eigenvalue weighted by Crippen LogP contribution is -2.26. The molecule has 1 aromatic carbocycles. The number of carbonyl (C=O) groups excluding carboxylic acids is 1. The SMILES string of the molecule is CON(C)S(=O)(=O)c1ccc(Cl)c(C(=O)Nc2cccc(C)n2)c1. The molecule has 1 N–H and O–H groups in total. The molecule has 1 amide bonds. The van der Waals surface area contributed by atoms with Crippen molar-refractivity contribution in [2.75, 3.05) is 19.5 Å². The summed E-state index contributed by atoms with van der Waals surface area (Å²) in [4.78, 5) is 21.1. The second-order valence-electron chi connectivity index (χ2n) is 4.86. The molecule has 1 aromatic heterocycles. The summed E-state index contributed by atoms with van der Waals surface area (Å²) >= 11 is 6.03. The minimum absolute atomic E-state index is 0.0190. The van der Waals surface area contributed by atoms with Crippen molar-refractivity contribution in [3.05, 3.63) is 52.7 Å². The van der Waals surface area contributed by atoms with Crippen LogP contribution in [0.25, 0.3) is 0 Å². The van der Waals surface area contributed by atoms with Gasteiger partial charge in [-0.25, -0.2) is 13.4 Å². The van der Waals surface area contributed by atoms with Crippen molar-refractivity contribution in [3.63, 3.8) is 0 Å². The topological polar surface area (TPSA) is 88.6 Å². The first-order chi connectivity index (χ1) is 11.3. The lowest BCUT2D eigenvalue weighted by molar-refractivity contribution is -0.0258. The van der Waals surface area contributed by atoms with Crippen molar-refractivity contribution < 1.29 is 18.0 Å². The van der Waals surface area contributed by atoms with Crippen LogP contribution in [0, 0.1) is 6.92 Å². The van der Waals surface area contributed by atoms with E-state index in [1.54, 1.807) is 25.1 Å². The summed E-state index contributed by atoms with van der Waals surface area (Å²) < 4.78 is 25.2. The fraction of sp³-hybridized carbons (Fsp3) is 0.200. The maximum absolute atomic E-state index is 12.4. The summed E-state index contributed by atoms with van der Waals surface area (Å²) in [7, 11) is -1.41. The number of sulfonamides is 1. The number of amides is 1. The van der Waals surface area contributed by atoms with Gasteiger partial charge in [0, 0.05) is 12.7 Å². The first kappa shape index (κ1) is 18.3. The predicted octanol–water partition coefficient (Wildman–Crippen LogP) is 2.48. The largest absolute Gasteiger partial charge is 0.307 e. The Balaban J connectivity index is 2.37. The number of nitrogens with zero attached hydrogens (tertiary/aromatic N) is 2. The molecule has 0 atom stereocenters. The van der Waals surface area contributed by atoms with Gasteiger partial charge in [-0.2, -0.15) is 0 Å². The Hall–Kier alpha value is -2.00. The molecule has 7 nitrogen and oxygen atoms in total. The molecule has 2 aromatic rings. The van der Waals surface area contributed by atoms with Crippen LogP contribution in [0.5, 0.6) is 0 Å². The zero-order valence-corrected chi connectivity index (χ0v) is 14.9. The van der Waals surface area contributed by atoms with Gasteiger partial charge in [0.05, 0.1) is 22.6 Å². The number of hydrogen-bond acceptors (Lipinski definition) is 5. The highest BCUT2D eigenvalue weighted by atomic mass is 35.5. The molecule has 0 saturated heterocycles. The number of rotatable bonds is 5. The summed E-state index contributed by atoms with van der Waals surface area (Å²) in [5.41, 5.74) is 0.752. The summed E-state index contributed by atoms with van der Waals surface area (Å²) in [6.45, 7) is 1.79. The number of hydrogen-bond donors (Lipinski definition) is 1. The van der Waals surface area contributed by atoms with Crippen molar-refractivity contribution in [1.29, 1.82) is 0 Å². The maximum Gasteiger partial charge on any atom is 0.264 e. The van der Waals surface area contributed by atoms with Gasteiger partial charge >= 0.3 is 0 Å². The van der Waals surface area contributed by atoms with Gasteiger partial charge in [-0.3, -0.25) is 9.63 Å². The molecule has 1 heterocycles. The van der Waals surface area contributed by atoms with Crippen LogP contribution in [0.2, 0.25) is 5.02 Å². The molecule has 0 bridgehead atoms. The van der Waals surface area contributed by atoms with Gasteiger partial charge in [0.25, 0.3) is 15.9 Å². The van der Waals surface area contributed by atoms with Crippen LogP contribution in [0.15, 0.2) is 41.3 Å². The van der Waals surface area contributed by atoms with Gasteiger partial charge in [-0.15, -0.1) is 0 Å². The van der Waals surface area contributed by atoms with Crippen LogP contribution in [-0.4, -0.2) is 37.9 Å². The third-order valence-electron chi connectivity index (χ3n) is 3.21. The Bertz CT molecular complexity index is 871. The second-order valence-corrected chi connectivity index (χ2v) is 7.20. The van der Waals surface area contributed by atoms with Crippen molar-refractivity contribution in [2.45, 2.75) is 11.8 Å². The minimum Gasteiger partial charge on any atom is -0.307 e. The molecule has 128 valence electrons. The van der Waals surface area contributed by atoms with Crippen LogP contribution >= 0.6 is 11.6 Å². The highest BCUT2D eigenvalue weighted by Crippen LogP contribution is 2.23. The van der Waals surface area contributed by atoms with E-state index >= 15 is 0 Å². The first-order valence-electron chi connectivity index (χ1n) is 6.83. The zero-order chi connectivity index (χ0) is 17.9. The van der Waals surface area contributed by atoms with E-state index in [1.807, 2.05) is 0 Å². The number of carbonyl (C=O) groups is 1. The molecule has 0 aliphatic rings. The fourth-order valence-electron chi connectivity index (χ4n) is 1.88. The van der Waals surface area contributed by atoms with Crippen LogP contribution in [0.4, 0.5) is 5.82 Å². The highest BCUT2D eigenvalue weighted by Gasteiger charge is 2.23. The van der Waals surface area contributed by atoms with Gasteiger partial charge in [0.15, 0.2) is 0 Å². The van der Waals surface area contributed by atoms with Gasteiger partial charge in [-0.05, 0) is 37.3 Å². The normalized spacial score (nSPS) is 11.5. The molecular formula is C15H16ClN3O4S. The summed E-state index contributed by atoms with van der Waals surface area (Å²) in [5, 5.41) is 2.71. The number of hydroxylamine groups is 1. The number of pyridine rings is 1. The first-order valence-corrected chi connectivity index (χ1v) is 8.65. The lowest BCUT2D eigenvalue weighted by atomic mass is 10.2. The maximum atomic E-state index is 12.4. The Morgan fingerprint density at radius 2 is 2.00 bits per heavy atom. The molecule has 0 fully saturated rings. The molecule has 2 rings (SSSR count). The summed E-state index contributed by atoms with van der Waals surface area (Å²) in [6, 6.07) is 8.99. The molecule has 0 aliphatic heterocycles. The van der Waals surface area contributed by atoms with E-state index in [4.69, 9.17) is 16.4 Å². The highest BCUT2D eigenvalue weighted by molar-refractivity contribution is 7.89. The van der Waals surface area contributed by atoms with E-state index in [9.17, 15) is 13.2 Å². The third-order valence-corrected chi connectivity index (χ3v) is 5.21. The molecule has 9 heteroatoms. The number of benzene rings is 1.